The summed E-state index contributed by atoms with van der Waals surface area (Å²) >= 11 is 0. The summed E-state index contributed by atoms with van der Waals surface area (Å²) in [6, 6.07) is 13.8. The van der Waals surface area contributed by atoms with E-state index in [0.717, 1.165) is 31.9 Å². The summed E-state index contributed by atoms with van der Waals surface area (Å²) < 4.78 is 24.5. The first kappa shape index (κ1) is 20.9. The van der Waals surface area contributed by atoms with E-state index in [1.165, 1.54) is 12.1 Å². The minimum Gasteiger partial charge on any atom is -0.486 e. The molecule has 0 saturated carbocycles. The number of amides is 1. The summed E-state index contributed by atoms with van der Waals surface area (Å²) in [6.07, 6.45) is 0. The quantitative estimate of drug-likeness (QED) is 0.651. The number of nitrogens with one attached hydrogen (secondary N) is 1. The predicted molar refractivity (Wildman–Crippen MR) is 116 cm³/mol. The lowest BCUT2D eigenvalue weighted by Gasteiger charge is -2.34. The van der Waals surface area contributed by atoms with Crippen molar-refractivity contribution in [3.8, 4) is 5.75 Å². The number of nitrogens with zero attached hydrogens (tertiary/aromatic N) is 3. The van der Waals surface area contributed by atoms with Gasteiger partial charge in [0.2, 0.25) is 0 Å². The highest BCUT2D eigenvalue weighted by Crippen LogP contribution is 2.23. The number of halogens is 1. The molecule has 2 heterocycles. The normalized spacial score (nSPS) is 14.5. The first-order chi connectivity index (χ1) is 15.0. The summed E-state index contributed by atoms with van der Waals surface area (Å²) in [5.74, 6) is -0.319. The largest absolute Gasteiger partial charge is 0.486 e. The maximum atomic E-state index is 13.8. The molecule has 1 fully saturated rings. The van der Waals surface area contributed by atoms with Crippen molar-refractivity contribution >= 4 is 17.3 Å². The monoisotopic (exact) mass is 424 g/mol. The molecule has 0 unspecified atom stereocenters. The molecular formula is C23H25FN4O3. The molecule has 0 aliphatic carbocycles. The summed E-state index contributed by atoms with van der Waals surface area (Å²) in [7, 11) is 2.12. The number of carbonyl (C=O) groups excluding carboxylic acids is 1. The molecule has 0 atom stereocenters. The van der Waals surface area contributed by atoms with Gasteiger partial charge >= 0.3 is 0 Å². The highest BCUT2D eigenvalue weighted by atomic mass is 19.1. The fourth-order valence-electron chi connectivity index (χ4n) is 3.46. The molecule has 8 heteroatoms. The molecule has 31 heavy (non-hydrogen) atoms. The molecular weight excluding hydrogens is 399 g/mol. The van der Waals surface area contributed by atoms with E-state index in [0.29, 0.717) is 17.0 Å². The van der Waals surface area contributed by atoms with Gasteiger partial charge in [-0.15, -0.1) is 0 Å². The van der Waals surface area contributed by atoms with Crippen molar-refractivity contribution in [1.29, 1.82) is 0 Å². The van der Waals surface area contributed by atoms with Gasteiger partial charge in [-0.3, -0.25) is 4.79 Å². The van der Waals surface area contributed by atoms with E-state index < -0.39 is 11.7 Å². The Hall–Kier alpha value is -3.39. The van der Waals surface area contributed by atoms with Crippen LogP contribution < -0.4 is 15.0 Å². The molecule has 2 aromatic carbocycles. The van der Waals surface area contributed by atoms with Crippen molar-refractivity contribution < 1.29 is 18.4 Å². The number of benzene rings is 2. The number of hydrogen-bond donors (Lipinski definition) is 1. The second-order valence-electron chi connectivity index (χ2n) is 7.58. The number of carbonyl (C=O) groups is 1. The molecule has 1 amide bonds. The first-order valence-electron chi connectivity index (χ1n) is 10.2. The van der Waals surface area contributed by atoms with Gasteiger partial charge < -0.3 is 24.4 Å². The summed E-state index contributed by atoms with van der Waals surface area (Å²) in [4.78, 5) is 17.4. The molecule has 162 valence electrons. The Labute approximate surface area is 180 Å². The highest BCUT2D eigenvalue weighted by Gasteiger charge is 2.21. The molecule has 0 radical (unpaired) electrons. The standard InChI is InChI=1S/C23H25FN4O3/c1-16-19(15-30-21-6-4-3-5-20(21)24)22(26-31-16)23(29)25-17-7-9-18(10-8-17)28-13-11-27(2)12-14-28/h3-10H,11-15H2,1-2H3,(H,25,29). The van der Waals surface area contributed by atoms with Gasteiger partial charge in [0.1, 0.15) is 12.4 Å². The minimum atomic E-state index is -0.469. The second kappa shape index (κ2) is 9.18. The Balaban J connectivity index is 1.41. The van der Waals surface area contributed by atoms with Crippen molar-refractivity contribution in [2.45, 2.75) is 13.5 Å². The Kier molecular flexibility index (Phi) is 6.18. The Bertz CT molecular complexity index is 1040. The van der Waals surface area contributed by atoms with Crippen LogP contribution >= 0.6 is 0 Å². The third kappa shape index (κ3) is 4.86. The fraction of sp³-hybridized carbons (Fsp3) is 0.304. The van der Waals surface area contributed by atoms with Gasteiger partial charge in [-0.25, -0.2) is 4.39 Å². The number of aryl methyl sites for hydroxylation is 1. The minimum absolute atomic E-state index is 0.0264. The molecule has 1 aliphatic heterocycles. The maximum Gasteiger partial charge on any atom is 0.278 e. The topological polar surface area (TPSA) is 70.8 Å². The number of anilines is 2. The van der Waals surface area contributed by atoms with Gasteiger partial charge in [-0.05, 0) is 50.4 Å². The lowest BCUT2D eigenvalue weighted by molar-refractivity contribution is 0.101. The Morgan fingerprint density at radius 3 is 2.55 bits per heavy atom. The zero-order valence-corrected chi connectivity index (χ0v) is 17.6. The zero-order chi connectivity index (χ0) is 21.8. The lowest BCUT2D eigenvalue weighted by Crippen LogP contribution is -2.44. The number of aromatic nitrogens is 1. The zero-order valence-electron chi connectivity index (χ0n) is 17.6. The fourth-order valence-corrected chi connectivity index (χ4v) is 3.46. The van der Waals surface area contributed by atoms with Crippen LogP contribution in [0.2, 0.25) is 0 Å². The Morgan fingerprint density at radius 1 is 1.13 bits per heavy atom. The van der Waals surface area contributed by atoms with E-state index in [2.05, 4.69) is 27.3 Å². The number of piperazine rings is 1. The van der Waals surface area contributed by atoms with Gasteiger partial charge in [0.05, 0.1) is 5.56 Å². The van der Waals surface area contributed by atoms with Gasteiger partial charge in [-0.2, -0.15) is 0 Å². The van der Waals surface area contributed by atoms with Crippen LogP contribution in [0, 0.1) is 12.7 Å². The summed E-state index contributed by atoms with van der Waals surface area (Å²) in [5, 5.41) is 6.71. The van der Waals surface area contributed by atoms with Crippen molar-refractivity contribution in [2.75, 3.05) is 43.4 Å². The number of para-hydroxylation sites is 1. The number of rotatable bonds is 6. The van der Waals surface area contributed by atoms with Crippen LogP contribution in [0.3, 0.4) is 0 Å². The molecule has 1 aromatic heterocycles. The average molecular weight is 424 g/mol. The van der Waals surface area contributed by atoms with E-state index in [9.17, 15) is 9.18 Å². The molecule has 7 nitrogen and oxygen atoms in total. The van der Waals surface area contributed by atoms with Crippen LogP contribution in [0.1, 0.15) is 21.8 Å². The van der Waals surface area contributed by atoms with E-state index in [1.807, 2.05) is 24.3 Å². The SMILES string of the molecule is Cc1onc(C(=O)Nc2ccc(N3CCN(C)CC3)cc2)c1COc1ccccc1F. The third-order valence-electron chi connectivity index (χ3n) is 5.40. The van der Waals surface area contributed by atoms with Crippen molar-refractivity contribution in [2.24, 2.45) is 0 Å². The van der Waals surface area contributed by atoms with Crippen molar-refractivity contribution in [3.05, 3.63) is 71.4 Å². The maximum absolute atomic E-state index is 13.8. The Morgan fingerprint density at radius 2 is 1.84 bits per heavy atom. The molecule has 1 aliphatic rings. The molecule has 0 bridgehead atoms. The van der Waals surface area contributed by atoms with Gasteiger partial charge in [-0.1, -0.05) is 17.3 Å². The van der Waals surface area contributed by atoms with Gasteiger partial charge in [0.15, 0.2) is 17.3 Å². The summed E-state index contributed by atoms with van der Waals surface area (Å²) in [5.41, 5.74) is 2.39. The highest BCUT2D eigenvalue weighted by molar-refractivity contribution is 6.04. The molecule has 1 saturated heterocycles. The van der Waals surface area contributed by atoms with E-state index in [4.69, 9.17) is 9.26 Å². The van der Waals surface area contributed by atoms with Crippen LogP contribution in [-0.2, 0) is 6.61 Å². The van der Waals surface area contributed by atoms with E-state index in [1.54, 1.807) is 19.1 Å². The molecule has 3 aromatic rings. The predicted octanol–water partition coefficient (Wildman–Crippen LogP) is 3.71. The molecule has 0 spiro atoms. The molecule has 1 N–H and O–H groups in total. The van der Waals surface area contributed by atoms with Gasteiger partial charge in [0, 0.05) is 37.6 Å². The van der Waals surface area contributed by atoms with Crippen molar-refractivity contribution in [3.63, 3.8) is 0 Å². The summed E-state index contributed by atoms with van der Waals surface area (Å²) in [6.45, 7) is 5.68. The number of hydrogen-bond acceptors (Lipinski definition) is 6. The van der Waals surface area contributed by atoms with Crippen molar-refractivity contribution in [1.82, 2.24) is 10.1 Å². The lowest BCUT2D eigenvalue weighted by atomic mass is 10.2. The third-order valence-corrected chi connectivity index (χ3v) is 5.40. The molecule has 4 rings (SSSR count). The smallest absolute Gasteiger partial charge is 0.278 e. The number of likely N-dealkylation sites (N-methyl/N-ethyl adjacent to an activating group) is 1. The average Bonchev–Trinajstić information content (AvgIpc) is 3.15. The van der Waals surface area contributed by atoms with E-state index in [-0.39, 0.29) is 18.1 Å². The second-order valence-corrected chi connectivity index (χ2v) is 7.58. The first-order valence-corrected chi connectivity index (χ1v) is 10.2. The van der Waals surface area contributed by atoms with Crippen LogP contribution in [0.25, 0.3) is 0 Å². The van der Waals surface area contributed by atoms with Crippen LogP contribution in [0.15, 0.2) is 53.1 Å². The number of ether oxygens (including phenoxy) is 1. The van der Waals surface area contributed by atoms with Gasteiger partial charge in [0.25, 0.3) is 5.91 Å². The van der Waals surface area contributed by atoms with Crippen LogP contribution in [-0.4, -0.2) is 49.2 Å². The van der Waals surface area contributed by atoms with E-state index >= 15 is 0 Å². The van der Waals surface area contributed by atoms with Crippen LogP contribution in [0.5, 0.6) is 5.75 Å². The van der Waals surface area contributed by atoms with Crippen LogP contribution in [0.4, 0.5) is 15.8 Å².